The van der Waals surface area contributed by atoms with Gasteiger partial charge in [-0.3, -0.25) is 9.05 Å². The molecule has 0 atom stereocenters. The largest absolute Gasteiger partial charge is 0.406 e. The van der Waals surface area contributed by atoms with E-state index in [4.69, 9.17) is 9.05 Å². The molecule has 6 nitrogen and oxygen atoms in total. The second-order valence-corrected chi connectivity index (χ2v) is 7.64. The van der Waals surface area contributed by atoms with Crippen LogP contribution in [0.15, 0.2) is 0 Å². The minimum atomic E-state index is -3.59. The van der Waals surface area contributed by atoms with Gasteiger partial charge >= 0.3 is 15.2 Å². The Morgan fingerprint density at radius 1 is 0.800 bits per heavy atom. The first-order valence-corrected chi connectivity index (χ1v) is 9.69. The molecule has 0 aromatic rings. The van der Waals surface area contributed by atoms with E-state index < -0.39 is 15.2 Å². The average Bonchev–Trinajstić information content (AvgIpc) is 2.46. The highest BCUT2D eigenvalue weighted by molar-refractivity contribution is 7.63. The summed E-state index contributed by atoms with van der Waals surface area (Å²) < 4.78 is 44.0. The maximum atomic E-state index is 12.4. The van der Waals surface area contributed by atoms with Gasteiger partial charge in [-0.05, 0) is 12.8 Å². The van der Waals surface area contributed by atoms with E-state index in [9.17, 15) is 9.13 Å². The molecule has 0 unspecified atom stereocenters. The normalized spacial score (nSPS) is 12.0. The van der Waals surface area contributed by atoms with Gasteiger partial charge < -0.3 is 9.05 Å². The molecule has 0 N–H and O–H groups in total. The SMILES string of the molecule is CCCCOP(=O)(C#CP(=O)(OC)OC)OCCCC. The Morgan fingerprint density at radius 2 is 1.20 bits per heavy atom. The monoisotopic (exact) mass is 326 g/mol. The van der Waals surface area contributed by atoms with Crippen molar-refractivity contribution in [2.24, 2.45) is 0 Å². The average molecular weight is 326 g/mol. The fourth-order valence-electron chi connectivity index (χ4n) is 1.05. The fraction of sp³-hybridized carbons (Fsp3) is 0.833. The molecule has 0 aromatic carbocycles. The zero-order valence-electron chi connectivity index (χ0n) is 12.6. The lowest BCUT2D eigenvalue weighted by Crippen LogP contribution is -1.98. The van der Waals surface area contributed by atoms with E-state index in [2.05, 4.69) is 20.4 Å². The van der Waals surface area contributed by atoms with E-state index in [0.717, 1.165) is 25.7 Å². The molecule has 0 spiro atoms. The van der Waals surface area contributed by atoms with Crippen LogP contribution in [0.3, 0.4) is 0 Å². The van der Waals surface area contributed by atoms with Gasteiger partial charge in [-0.1, -0.05) is 26.7 Å². The van der Waals surface area contributed by atoms with Crippen LogP contribution >= 0.6 is 15.2 Å². The van der Waals surface area contributed by atoms with Crippen LogP contribution in [0.25, 0.3) is 0 Å². The fourth-order valence-corrected chi connectivity index (χ4v) is 3.30. The van der Waals surface area contributed by atoms with Crippen molar-refractivity contribution in [1.82, 2.24) is 0 Å². The molecule has 0 radical (unpaired) electrons. The van der Waals surface area contributed by atoms with E-state index in [1.807, 2.05) is 13.8 Å². The van der Waals surface area contributed by atoms with Crippen LogP contribution in [-0.4, -0.2) is 27.4 Å². The number of rotatable bonds is 10. The molecular formula is C12H24O6P2. The lowest BCUT2D eigenvalue weighted by atomic mass is 10.4. The summed E-state index contributed by atoms with van der Waals surface area (Å²) in [5, 5.41) is 0. The second kappa shape index (κ2) is 10.6. The van der Waals surface area contributed by atoms with E-state index in [-0.39, 0.29) is 13.2 Å². The summed E-state index contributed by atoms with van der Waals surface area (Å²) in [6.07, 6.45) is 3.29. The van der Waals surface area contributed by atoms with Gasteiger partial charge in [-0.2, -0.15) is 0 Å². The molecule has 0 saturated heterocycles. The molecule has 0 aliphatic heterocycles. The zero-order valence-corrected chi connectivity index (χ0v) is 14.4. The number of hydrogen-bond donors (Lipinski definition) is 0. The maximum absolute atomic E-state index is 12.4. The van der Waals surface area contributed by atoms with Crippen molar-refractivity contribution in [3.8, 4) is 11.3 Å². The summed E-state index contributed by atoms with van der Waals surface area (Å²) in [5.41, 5.74) is 4.54. The summed E-state index contributed by atoms with van der Waals surface area (Å²) >= 11 is 0. The zero-order chi connectivity index (χ0) is 15.5. The van der Waals surface area contributed by atoms with Gasteiger partial charge in [0.2, 0.25) is 0 Å². The molecule has 20 heavy (non-hydrogen) atoms. The van der Waals surface area contributed by atoms with Crippen molar-refractivity contribution in [3.63, 3.8) is 0 Å². The Hall–Kier alpha value is -0.140. The second-order valence-electron chi connectivity index (χ2n) is 3.96. The Morgan fingerprint density at radius 3 is 1.55 bits per heavy atom. The number of unbranched alkanes of at least 4 members (excludes halogenated alkanes) is 2. The summed E-state index contributed by atoms with van der Waals surface area (Å²) in [5.74, 6) is 0. The summed E-state index contributed by atoms with van der Waals surface area (Å²) in [6.45, 7) is 4.53. The number of hydrogen-bond acceptors (Lipinski definition) is 6. The quantitative estimate of drug-likeness (QED) is 0.340. The molecule has 0 heterocycles. The first-order valence-electron chi connectivity index (χ1n) is 6.60. The van der Waals surface area contributed by atoms with Gasteiger partial charge in [0.25, 0.3) is 0 Å². The highest BCUT2D eigenvalue weighted by Crippen LogP contribution is 2.51. The molecule has 0 aromatic heterocycles. The topological polar surface area (TPSA) is 71.1 Å². The predicted octanol–water partition coefficient (Wildman–Crippen LogP) is 4.22. The van der Waals surface area contributed by atoms with Crippen LogP contribution in [0.4, 0.5) is 0 Å². The van der Waals surface area contributed by atoms with Gasteiger partial charge in [0.05, 0.1) is 13.2 Å². The van der Waals surface area contributed by atoms with Crippen LogP contribution < -0.4 is 0 Å². The standard InChI is InChI=1S/C12H24O6P2/c1-5-7-9-17-20(14,18-10-8-6-2)12-11-19(13,15-3)16-4/h5-10H2,1-4H3. The molecule has 0 aliphatic rings. The minimum absolute atomic E-state index is 0.277. The van der Waals surface area contributed by atoms with Crippen molar-refractivity contribution in [3.05, 3.63) is 0 Å². The maximum Gasteiger partial charge on any atom is 0.406 e. The molecule has 0 amide bonds. The van der Waals surface area contributed by atoms with Crippen LogP contribution in [0.1, 0.15) is 39.5 Å². The van der Waals surface area contributed by atoms with Crippen molar-refractivity contribution >= 4 is 15.2 Å². The van der Waals surface area contributed by atoms with E-state index >= 15 is 0 Å². The highest BCUT2D eigenvalue weighted by atomic mass is 31.2. The van der Waals surface area contributed by atoms with Crippen molar-refractivity contribution < 1.29 is 27.2 Å². The Labute approximate surface area is 121 Å². The Balaban J connectivity index is 4.88. The van der Waals surface area contributed by atoms with E-state index in [0.29, 0.717) is 0 Å². The van der Waals surface area contributed by atoms with Gasteiger partial charge in [0.1, 0.15) is 0 Å². The third-order valence-electron chi connectivity index (χ3n) is 2.32. The third-order valence-corrected chi connectivity index (χ3v) is 5.28. The molecule has 0 aliphatic carbocycles. The van der Waals surface area contributed by atoms with Crippen LogP contribution in [0, 0.1) is 11.3 Å². The molecule has 0 bridgehead atoms. The molecular weight excluding hydrogens is 302 g/mol. The van der Waals surface area contributed by atoms with Gasteiger partial charge in [0, 0.05) is 25.5 Å². The van der Waals surface area contributed by atoms with Gasteiger partial charge in [0.15, 0.2) is 0 Å². The molecule has 0 rings (SSSR count). The van der Waals surface area contributed by atoms with E-state index in [1.54, 1.807) is 0 Å². The summed E-state index contributed by atoms with van der Waals surface area (Å²) in [4.78, 5) is 0. The van der Waals surface area contributed by atoms with Crippen LogP contribution in [0.2, 0.25) is 0 Å². The van der Waals surface area contributed by atoms with Crippen molar-refractivity contribution in [2.75, 3.05) is 27.4 Å². The summed E-state index contributed by atoms with van der Waals surface area (Å²) in [6, 6.07) is 0. The lowest BCUT2D eigenvalue weighted by molar-refractivity contribution is 0.209. The predicted molar refractivity (Wildman–Crippen MR) is 78.7 cm³/mol. The molecule has 0 saturated carbocycles. The first-order chi connectivity index (χ1) is 9.45. The van der Waals surface area contributed by atoms with Crippen molar-refractivity contribution in [1.29, 1.82) is 0 Å². The first kappa shape index (κ1) is 19.9. The van der Waals surface area contributed by atoms with Gasteiger partial charge in [-0.25, -0.2) is 9.13 Å². The molecule has 118 valence electrons. The van der Waals surface area contributed by atoms with E-state index in [1.165, 1.54) is 14.2 Å². The minimum Gasteiger partial charge on any atom is -0.303 e. The van der Waals surface area contributed by atoms with Gasteiger partial charge in [-0.15, -0.1) is 0 Å². The Kier molecular flexibility index (Phi) is 10.5. The van der Waals surface area contributed by atoms with Crippen LogP contribution in [0.5, 0.6) is 0 Å². The Bertz CT molecular complexity index is 390. The lowest BCUT2D eigenvalue weighted by Gasteiger charge is -2.13. The third kappa shape index (κ3) is 8.21. The summed E-state index contributed by atoms with van der Waals surface area (Å²) in [7, 11) is -4.73. The highest BCUT2D eigenvalue weighted by Gasteiger charge is 2.24. The molecule has 8 heteroatoms. The molecule has 0 fully saturated rings. The van der Waals surface area contributed by atoms with Crippen molar-refractivity contribution in [2.45, 2.75) is 39.5 Å². The van der Waals surface area contributed by atoms with Crippen LogP contribution in [-0.2, 0) is 27.2 Å². The smallest absolute Gasteiger partial charge is 0.303 e.